The first-order valence-corrected chi connectivity index (χ1v) is 11.1. The van der Waals surface area contributed by atoms with Gasteiger partial charge in [-0.2, -0.15) is 4.37 Å². The number of rotatable bonds is 8. The molecular weight excluding hydrogens is 511 g/mol. The van der Waals surface area contributed by atoms with Crippen LogP contribution in [0.1, 0.15) is 25.2 Å². The van der Waals surface area contributed by atoms with E-state index < -0.39 is 0 Å². The maximum atomic E-state index is 5.86. The number of anilines is 1. The van der Waals surface area contributed by atoms with Gasteiger partial charge in [-0.1, -0.05) is 44.2 Å². The number of aryl methyl sites for hydroxylation is 1. The largest absolute Gasteiger partial charge is 0.376 e. The highest BCUT2D eigenvalue weighted by atomic mass is 127. The van der Waals surface area contributed by atoms with E-state index in [1.54, 1.807) is 0 Å². The maximum absolute atomic E-state index is 5.86. The lowest BCUT2D eigenvalue weighted by Crippen LogP contribution is -2.53. The van der Waals surface area contributed by atoms with Gasteiger partial charge in [0.1, 0.15) is 5.82 Å². The molecule has 0 bridgehead atoms. The second-order valence-electron chi connectivity index (χ2n) is 7.35. The van der Waals surface area contributed by atoms with E-state index in [9.17, 15) is 0 Å². The van der Waals surface area contributed by atoms with Crippen LogP contribution in [0.3, 0.4) is 0 Å². The van der Waals surface area contributed by atoms with Crippen LogP contribution in [-0.4, -0.2) is 66.6 Å². The van der Waals surface area contributed by atoms with Gasteiger partial charge in [-0.15, -0.1) is 24.0 Å². The molecule has 1 aromatic heterocycles. The molecule has 30 heavy (non-hydrogen) atoms. The molecule has 0 aliphatic carbocycles. The maximum Gasteiger partial charge on any atom is 0.205 e. The molecule has 1 atom stereocenters. The minimum absolute atomic E-state index is 0. The highest BCUT2D eigenvalue weighted by molar-refractivity contribution is 14.0. The number of nitrogens with zero attached hydrogens (tertiary/aromatic N) is 5. The molecule has 2 aromatic rings. The van der Waals surface area contributed by atoms with E-state index in [1.165, 1.54) is 17.1 Å². The molecule has 1 fully saturated rings. The van der Waals surface area contributed by atoms with Crippen molar-refractivity contribution in [2.45, 2.75) is 26.9 Å². The van der Waals surface area contributed by atoms with Gasteiger partial charge in [0.05, 0.1) is 13.2 Å². The summed E-state index contributed by atoms with van der Waals surface area (Å²) in [4.78, 5) is 13.7. The number of piperazine rings is 1. The van der Waals surface area contributed by atoms with Crippen LogP contribution in [0.5, 0.6) is 0 Å². The molecule has 166 valence electrons. The molecule has 0 saturated carbocycles. The van der Waals surface area contributed by atoms with Gasteiger partial charge in [-0.05, 0) is 11.5 Å². The number of hydrogen-bond acceptors (Lipinski definition) is 6. The van der Waals surface area contributed by atoms with Gasteiger partial charge in [0.15, 0.2) is 5.96 Å². The number of aliphatic imine (C=N–C) groups is 1. The summed E-state index contributed by atoms with van der Waals surface area (Å²) in [6.45, 7) is 10.3. The summed E-state index contributed by atoms with van der Waals surface area (Å²) in [5.74, 6) is 2.31. The number of guanidine groups is 1. The van der Waals surface area contributed by atoms with Crippen LogP contribution < -0.4 is 10.2 Å². The van der Waals surface area contributed by atoms with Crippen LogP contribution in [0.4, 0.5) is 5.13 Å². The molecule has 0 radical (unpaired) electrons. The molecule has 1 unspecified atom stereocenters. The Morgan fingerprint density at radius 2 is 1.97 bits per heavy atom. The summed E-state index contributed by atoms with van der Waals surface area (Å²) in [5.41, 5.74) is 1.21. The Hall–Kier alpha value is -1.46. The predicted molar refractivity (Wildman–Crippen MR) is 135 cm³/mol. The first kappa shape index (κ1) is 24.8. The Bertz CT molecular complexity index is 764. The first-order chi connectivity index (χ1) is 14.2. The van der Waals surface area contributed by atoms with Gasteiger partial charge in [-0.25, -0.2) is 4.98 Å². The Morgan fingerprint density at radius 1 is 1.23 bits per heavy atom. The Morgan fingerprint density at radius 3 is 2.60 bits per heavy atom. The summed E-state index contributed by atoms with van der Waals surface area (Å²) in [6.07, 6.45) is 0.889. The van der Waals surface area contributed by atoms with Gasteiger partial charge in [0.25, 0.3) is 0 Å². The van der Waals surface area contributed by atoms with Gasteiger partial charge < -0.3 is 19.9 Å². The van der Waals surface area contributed by atoms with Crippen LogP contribution in [0.25, 0.3) is 0 Å². The van der Waals surface area contributed by atoms with E-state index >= 15 is 0 Å². The zero-order valence-corrected chi connectivity index (χ0v) is 21.2. The topological polar surface area (TPSA) is 65.9 Å². The number of aromatic nitrogens is 2. The lowest BCUT2D eigenvalue weighted by Gasteiger charge is -2.36. The summed E-state index contributed by atoms with van der Waals surface area (Å²) >= 11 is 1.50. The van der Waals surface area contributed by atoms with E-state index in [1.807, 2.05) is 25.2 Å². The molecule has 1 aliphatic rings. The Kier molecular flexibility index (Phi) is 10.8. The molecular formula is C21H33IN6OS. The third-order valence-electron chi connectivity index (χ3n) is 4.96. The zero-order chi connectivity index (χ0) is 20.5. The van der Waals surface area contributed by atoms with Crippen LogP contribution in [0.15, 0.2) is 35.3 Å². The van der Waals surface area contributed by atoms with Crippen molar-refractivity contribution in [1.82, 2.24) is 19.6 Å². The monoisotopic (exact) mass is 544 g/mol. The highest BCUT2D eigenvalue weighted by Crippen LogP contribution is 2.19. The first-order valence-electron chi connectivity index (χ1n) is 10.3. The normalized spacial score (nSPS) is 15.6. The standard InChI is InChI=1S/C21H32N6OS.HI/c1-4-19-24-21(29-25-19)27-12-10-26(11-13-27)20(22-3)23-14-17(2)15-28-16-18-8-6-5-7-9-18;/h5-9,17H,4,10-16H2,1-3H3,(H,22,23);1H. The summed E-state index contributed by atoms with van der Waals surface area (Å²) < 4.78 is 10.3. The number of halogens is 1. The quantitative estimate of drug-likeness (QED) is 0.313. The van der Waals surface area contributed by atoms with Crippen LogP contribution in [0, 0.1) is 5.92 Å². The average molecular weight is 545 g/mol. The SMILES string of the molecule is CCc1nsc(N2CCN(C(=NC)NCC(C)COCc3ccccc3)CC2)n1.I. The van der Waals surface area contributed by atoms with Crippen molar-refractivity contribution in [3.8, 4) is 0 Å². The van der Waals surface area contributed by atoms with Crippen molar-refractivity contribution in [2.75, 3.05) is 51.3 Å². The molecule has 1 aromatic carbocycles. The summed E-state index contributed by atoms with van der Waals surface area (Å²) in [7, 11) is 1.85. The fourth-order valence-electron chi connectivity index (χ4n) is 3.24. The molecule has 9 heteroatoms. The Balaban J connectivity index is 0.00000320. The van der Waals surface area contributed by atoms with Gasteiger partial charge in [0.2, 0.25) is 5.13 Å². The number of benzene rings is 1. The van der Waals surface area contributed by atoms with Crippen molar-refractivity contribution >= 4 is 46.6 Å². The molecule has 7 nitrogen and oxygen atoms in total. The van der Waals surface area contributed by atoms with Crippen molar-refractivity contribution in [2.24, 2.45) is 10.9 Å². The molecule has 1 N–H and O–H groups in total. The summed E-state index contributed by atoms with van der Waals surface area (Å²) in [5, 5.41) is 4.54. The molecule has 1 saturated heterocycles. The van der Waals surface area contributed by atoms with Gasteiger partial charge >= 0.3 is 0 Å². The average Bonchev–Trinajstić information content (AvgIpc) is 3.25. The highest BCUT2D eigenvalue weighted by Gasteiger charge is 2.22. The zero-order valence-electron chi connectivity index (χ0n) is 18.1. The molecule has 0 amide bonds. The molecule has 2 heterocycles. The smallest absolute Gasteiger partial charge is 0.205 e. The van der Waals surface area contributed by atoms with E-state index in [0.717, 1.165) is 62.7 Å². The number of hydrogen-bond donors (Lipinski definition) is 1. The van der Waals surface area contributed by atoms with E-state index in [0.29, 0.717) is 12.5 Å². The molecule has 1 aliphatic heterocycles. The summed E-state index contributed by atoms with van der Waals surface area (Å²) in [6, 6.07) is 10.3. The molecule has 0 spiro atoms. The van der Waals surface area contributed by atoms with E-state index in [-0.39, 0.29) is 24.0 Å². The predicted octanol–water partition coefficient (Wildman–Crippen LogP) is 3.27. The third-order valence-corrected chi connectivity index (χ3v) is 5.77. The van der Waals surface area contributed by atoms with Crippen LogP contribution in [-0.2, 0) is 17.8 Å². The van der Waals surface area contributed by atoms with Crippen molar-refractivity contribution < 1.29 is 4.74 Å². The number of ether oxygens (including phenoxy) is 1. The second-order valence-corrected chi connectivity index (χ2v) is 8.09. The van der Waals surface area contributed by atoms with Crippen molar-refractivity contribution in [3.63, 3.8) is 0 Å². The van der Waals surface area contributed by atoms with Crippen molar-refractivity contribution in [1.29, 1.82) is 0 Å². The molecule has 3 rings (SSSR count). The minimum Gasteiger partial charge on any atom is -0.376 e. The van der Waals surface area contributed by atoms with E-state index in [4.69, 9.17) is 4.74 Å². The lowest BCUT2D eigenvalue weighted by molar-refractivity contribution is 0.0929. The number of nitrogens with one attached hydrogen (secondary N) is 1. The van der Waals surface area contributed by atoms with Crippen LogP contribution >= 0.6 is 35.5 Å². The second kappa shape index (κ2) is 13.1. The van der Waals surface area contributed by atoms with Crippen LogP contribution in [0.2, 0.25) is 0 Å². The Labute approximate surface area is 201 Å². The minimum atomic E-state index is 0. The van der Waals surface area contributed by atoms with Crippen molar-refractivity contribution in [3.05, 3.63) is 41.7 Å². The lowest BCUT2D eigenvalue weighted by atomic mass is 10.2. The fraction of sp³-hybridized carbons (Fsp3) is 0.571. The van der Waals surface area contributed by atoms with E-state index in [2.05, 4.69) is 55.4 Å². The third kappa shape index (κ3) is 7.35. The van der Waals surface area contributed by atoms with Gasteiger partial charge in [-0.3, -0.25) is 4.99 Å². The fourth-order valence-corrected chi connectivity index (χ4v) is 4.04. The van der Waals surface area contributed by atoms with Gasteiger partial charge in [0, 0.05) is 57.7 Å².